The molecule has 3 unspecified atom stereocenters. The monoisotopic (exact) mass is 273 g/mol. The maximum Gasteiger partial charge on any atom is 0.312 e. The van der Waals surface area contributed by atoms with Gasteiger partial charge in [0.05, 0.1) is 5.92 Å². The molecule has 3 atom stereocenters. The van der Waals surface area contributed by atoms with E-state index in [1.807, 2.05) is 6.92 Å². The Morgan fingerprint density at radius 2 is 1.68 bits per heavy atom. The number of amides is 3. The molecule has 5 N–H and O–H groups in total. The Hall–Kier alpha value is -1.79. The molecule has 0 radical (unpaired) electrons. The third-order valence-electron chi connectivity index (χ3n) is 2.84. The van der Waals surface area contributed by atoms with E-state index < -0.39 is 18.0 Å². The van der Waals surface area contributed by atoms with Crippen LogP contribution in [0.4, 0.5) is 4.79 Å². The zero-order chi connectivity index (χ0) is 15.0. The highest BCUT2D eigenvalue weighted by Gasteiger charge is 2.16. The molecule has 0 aliphatic carbocycles. The number of carbonyl (C=O) groups excluding carboxylic acids is 2. The van der Waals surface area contributed by atoms with Crippen molar-refractivity contribution in [2.24, 2.45) is 11.7 Å². The van der Waals surface area contributed by atoms with E-state index in [9.17, 15) is 14.4 Å². The molecule has 0 fully saturated rings. The van der Waals surface area contributed by atoms with Gasteiger partial charge in [-0.1, -0.05) is 13.3 Å². The molecule has 0 rings (SSSR count). The first-order valence-electron chi connectivity index (χ1n) is 6.33. The minimum absolute atomic E-state index is 0.0781. The fraction of sp³-hybridized carbons (Fsp3) is 0.750. The maximum atomic E-state index is 11.6. The second-order valence-corrected chi connectivity index (χ2v) is 4.81. The highest BCUT2D eigenvalue weighted by atomic mass is 16.4. The molecule has 19 heavy (non-hydrogen) atoms. The lowest BCUT2D eigenvalue weighted by Gasteiger charge is -2.18. The third-order valence-corrected chi connectivity index (χ3v) is 2.84. The van der Waals surface area contributed by atoms with E-state index in [2.05, 4.69) is 10.6 Å². The Balaban J connectivity index is 3.91. The Morgan fingerprint density at radius 1 is 1.11 bits per heavy atom. The van der Waals surface area contributed by atoms with E-state index in [0.29, 0.717) is 19.3 Å². The van der Waals surface area contributed by atoms with Crippen LogP contribution in [0.15, 0.2) is 0 Å². The first kappa shape index (κ1) is 17.2. The molecule has 0 aliphatic rings. The van der Waals surface area contributed by atoms with E-state index in [1.54, 1.807) is 13.8 Å². The van der Waals surface area contributed by atoms with Crippen molar-refractivity contribution in [2.45, 2.75) is 52.1 Å². The number of nitrogens with one attached hydrogen (secondary N) is 2. The van der Waals surface area contributed by atoms with Gasteiger partial charge in [-0.25, -0.2) is 4.79 Å². The molecule has 110 valence electrons. The SMILES string of the molecule is CC(CCCC(C)C(=O)O)NC(=O)C(C)NC(N)=O. The van der Waals surface area contributed by atoms with Crippen molar-refractivity contribution in [2.75, 3.05) is 0 Å². The maximum absolute atomic E-state index is 11.6. The number of urea groups is 1. The Bertz CT molecular complexity index is 333. The van der Waals surface area contributed by atoms with Crippen LogP contribution in [0.2, 0.25) is 0 Å². The summed E-state index contributed by atoms with van der Waals surface area (Å²) in [7, 11) is 0. The van der Waals surface area contributed by atoms with E-state index in [1.165, 1.54) is 0 Å². The van der Waals surface area contributed by atoms with Gasteiger partial charge in [0.2, 0.25) is 5.91 Å². The number of aliphatic carboxylic acids is 1. The van der Waals surface area contributed by atoms with Crippen LogP contribution < -0.4 is 16.4 Å². The van der Waals surface area contributed by atoms with Gasteiger partial charge < -0.3 is 21.5 Å². The third kappa shape index (κ3) is 8.01. The summed E-state index contributed by atoms with van der Waals surface area (Å²) in [5.74, 6) is -1.49. The highest BCUT2D eigenvalue weighted by molar-refractivity contribution is 5.86. The van der Waals surface area contributed by atoms with Crippen LogP contribution in [0.25, 0.3) is 0 Å². The quantitative estimate of drug-likeness (QED) is 0.512. The van der Waals surface area contributed by atoms with E-state index in [0.717, 1.165) is 0 Å². The summed E-state index contributed by atoms with van der Waals surface area (Å²) >= 11 is 0. The lowest BCUT2D eigenvalue weighted by Crippen LogP contribution is -2.48. The Kier molecular flexibility index (Phi) is 7.55. The van der Waals surface area contributed by atoms with Crippen molar-refractivity contribution < 1.29 is 19.5 Å². The molecule has 0 aromatic rings. The summed E-state index contributed by atoms with van der Waals surface area (Å²) in [4.78, 5) is 32.8. The number of carboxylic acid groups (broad SMARTS) is 1. The van der Waals surface area contributed by atoms with Crippen molar-refractivity contribution in [3.8, 4) is 0 Å². The van der Waals surface area contributed by atoms with Gasteiger partial charge in [-0.2, -0.15) is 0 Å². The number of hydrogen-bond acceptors (Lipinski definition) is 3. The zero-order valence-corrected chi connectivity index (χ0v) is 11.6. The van der Waals surface area contributed by atoms with Crippen LogP contribution in [-0.4, -0.2) is 35.1 Å². The van der Waals surface area contributed by atoms with Crippen LogP contribution in [-0.2, 0) is 9.59 Å². The van der Waals surface area contributed by atoms with Gasteiger partial charge in [0.15, 0.2) is 0 Å². The molecule has 0 spiro atoms. The summed E-state index contributed by atoms with van der Waals surface area (Å²) in [5, 5.41) is 13.7. The summed E-state index contributed by atoms with van der Waals surface area (Å²) in [6.45, 7) is 5.03. The second kappa shape index (κ2) is 8.34. The number of primary amides is 1. The molecule has 0 heterocycles. The molecule has 3 amide bonds. The molecule has 7 heteroatoms. The number of nitrogens with two attached hydrogens (primary N) is 1. The fourth-order valence-electron chi connectivity index (χ4n) is 1.57. The summed E-state index contributed by atoms with van der Waals surface area (Å²) in [6, 6.07) is -1.51. The van der Waals surface area contributed by atoms with Crippen LogP contribution in [0.5, 0.6) is 0 Å². The van der Waals surface area contributed by atoms with Crippen LogP contribution in [0.3, 0.4) is 0 Å². The van der Waals surface area contributed by atoms with Gasteiger partial charge in [0.1, 0.15) is 6.04 Å². The molecule has 7 nitrogen and oxygen atoms in total. The average molecular weight is 273 g/mol. The summed E-state index contributed by atoms with van der Waals surface area (Å²) < 4.78 is 0. The Labute approximate surface area is 112 Å². The van der Waals surface area contributed by atoms with E-state index >= 15 is 0 Å². The topological polar surface area (TPSA) is 122 Å². The number of rotatable bonds is 8. The minimum atomic E-state index is -0.809. The van der Waals surface area contributed by atoms with Gasteiger partial charge in [0.25, 0.3) is 0 Å². The Morgan fingerprint density at radius 3 is 2.16 bits per heavy atom. The molecule has 0 bridgehead atoms. The van der Waals surface area contributed by atoms with Crippen LogP contribution in [0.1, 0.15) is 40.0 Å². The normalized spacial score (nSPS) is 15.1. The van der Waals surface area contributed by atoms with Gasteiger partial charge in [-0.05, 0) is 26.7 Å². The lowest BCUT2D eigenvalue weighted by molar-refractivity contribution is -0.141. The molecule has 0 aromatic heterocycles. The fourth-order valence-corrected chi connectivity index (χ4v) is 1.57. The van der Waals surface area contributed by atoms with Gasteiger partial charge in [0, 0.05) is 6.04 Å². The van der Waals surface area contributed by atoms with Crippen molar-refractivity contribution in [1.82, 2.24) is 10.6 Å². The van der Waals surface area contributed by atoms with Crippen molar-refractivity contribution in [1.29, 1.82) is 0 Å². The highest BCUT2D eigenvalue weighted by Crippen LogP contribution is 2.09. The molecule has 0 saturated carbocycles. The molecule has 0 aliphatic heterocycles. The van der Waals surface area contributed by atoms with E-state index in [4.69, 9.17) is 10.8 Å². The summed E-state index contributed by atoms with van der Waals surface area (Å²) in [6.07, 6.45) is 1.98. The first-order chi connectivity index (χ1) is 8.73. The molecule has 0 aromatic carbocycles. The molecular formula is C12H23N3O4. The van der Waals surface area contributed by atoms with Crippen molar-refractivity contribution >= 4 is 17.9 Å². The molecular weight excluding hydrogens is 250 g/mol. The lowest BCUT2D eigenvalue weighted by atomic mass is 10.0. The van der Waals surface area contributed by atoms with Crippen molar-refractivity contribution in [3.63, 3.8) is 0 Å². The van der Waals surface area contributed by atoms with Crippen LogP contribution >= 0.6 is 0 Å². The molecule has 0 saturated heterocycles. The van der Waals surface area contributed by atoms with Gasteiger partial charge >= 0.3 is 12.0 Å². The van der Waals surface area contributed by atoms with Crippen molar-refractivity contribution in [3.05, 3.63) is 0 Å². The number of carbonyl (C=O) groups is 3. The minimum Gasteiger partial charge on any atom is -0.481 e. The predicted molar refractivity (Wildman–Crippen MR) is 70.4 cm³/mol. The smallest absolute Gasteiger partial charge is 0.312 e. The van der Waals surface area contributed by atoms with Gasteiger partial charge in [-0.3, -0.25) is 9.59 Å². The van der Waals surface area contributed by atoms with Gasteiger partial charge in [-0.15, -0.1) is 0 Å². The first-order valence-corrected chi connectivity index (χ1v) is 6.33. The van der Waals surface area contributed by atoms with Crippen LogP contribution in [0, 0.1) is 5.92 Å². The largest absolute Gasteiger partial charge is 0.481 e. The number of hydrogen-bond donors (Lipinski definition) is 4. The summed E-state index contributed by atoms with van der Waals surface area (Å²) in [5.41, 5.74) is 4.92. The second-order valence-electron chi connectivity index (χ2n) is 4.81. The zero-order valence-electron chi connectivity index (χ0n) is 11.6. The predicted octanol–water partition coefficient (Wildman–Crippen LogP) is 0.439. The average Bonchev–Trinajstić information content (AvgIpc) is 2.27. The standard InChI is InChI=1S/C12H23N3O4/c1-7(11(17)18)5-4-6-8(2)14-10(16)9(3)15-12(13)19/h7-9H,4-6H2,1-3H3,(H,14,16)(H,17,18)(H3,13,15,19). The number of carboxylic acids is 1. The van der Waals surface area contributed by atoms with E-state index in [-0.39, 0.29) is 17.9 Å².